The van der Waals surface area contributed by atoms with Crippen molar-refractivity contribution < 1.29 is 9.18 Å². The number of rotatable bonds is 2. The molecule has 2 aromatic rings. The van der Waals surface area contributed by atoms with Crippen molar-refractivity contribution in [1.82, 2.24) is 4.98 Å². The molecule has 0 unspecified atom stereocenters. The Labute approximate surface area is 116 Å². The molecule has 0 fully saturated rings. The fourth-order valence-corrected chi connectivity index (χ4v) is 1.87. The number of amides is 1. The maximum atomic E-state index is 12.9. The molecule has 92 valence electrons. The number of aromatic nitrogens is 1. The van der Waals surface area contributed by atoms with Crippen molar-refractivity contribution in [2.24, 2.45) is 0 Å². The van der Waals surface area contributed by atoms with Gasteiger partial charge in [-0.05, 0) is 34.1 Å². The lowest BCUT2D eigenvalue weighted by Gasteiger charge is -2.08. The molecule has 0 aliphatic carbocycles. The second-order valence-corrected chi connectivity index (χ2v) is 4.65. The summed E-state index contributed by atoms with van der Waals surface area (Å²) in [6.45, 7) is 0. The highest BCUT2D eigenvalue weighted by Crippen LogP contribution is 2.30. The second kappa shape index (κ2) is 5.46. The van der Waals surface area contributed by atoms with Gasteiger partial charge >= 0.3 is 0 Å². The Morgan fingerprint density at radius 3 is 2.89 bits per heavy atom. The molecule has 2 rings (SSSR count). The van der Waals surface area contributed by atoms with Crippen molar-refractivity contribution in [2.45, 2.75) is 0 Å². The van der Waals surface area contributed by atoms with Gasteiger partial charge in [-0.25, -0.2) is 4.39 Å². The summed E-state index contributed by atoms with van der Waals surface area (Å²) in [6.07, 6.45) is 2.32. The summed E-state index contributed by atoms with van der Waals surface area (Å²) in [5.41, 5.74) is 0.652. The van der Waals surface area contributed by atoms with Gasteiger partial charge in [0.2, 0.25) is 0 Å². The third-order valence-electron chi connectivity index (χ3n) is 2.17. The number of hydrogen-bond acceptors (Lipinski definition) is 2. The van der Waals surface area contributed by atoms with Crippen LogP contribution in [0.15, 0.2) is 41.1 Å². The van der Waals surface area contributed by atoms with E-state index in [9.17, 15) is 9.18 Å². The fraction of sp³-hybridized carbons (Fsp3) is 0. The Bertz CT molecular complexity index is 606. The van der Waals surface area contributed by atoms with Gasteiger partial charge in [0.1, 0.15) is 5.82 Å². The predicted octanol–water partition coefficient (Wildman–Crippen LogP) is 3.89. The number of hydrogen-bond donors (Lipinski definition) is 1. The molecule has 0 radical (unpaired) electrons. The number of carbonyl (C=O) groups is 1. The van der Waals surface area contributed by atoms with Crippen LogP contribution < -0.4 is 5.32 Å². The van der Waals surface area contributed by atoms with Gasteiger partial charge in [-0.3, -0.25) is 9.78 Å². The zero-order valence-electron chi connectivity index (χ0n) is 8.95. The van der Waals surface area contributed by atoms with E-state index in [1.54, 1.807) is 18.2 Å². The fourth-order valence-electron chi connectivity index (χ4n) is 1.33. The molecule has 1 N–H and O–H groups in total. The van der Waals surface area contributed by atoms with Gasteiger partial charge in [-0.2, -0.15) is 0 Å². The highest BCUT2D eigenvalue weighted by Gasteiger charge is 2.10. The van der Waals surface area contributed by atoms with Gasteiger partial charge in [0.15, 0.2) is 0 Å². The molecule has 0 atom stereocenters. The maximum Gasteiger partial charge on any atom is 0.257 e. The van der Waals surface area contributed by atoms with Gasteiger partial charge in [0, 0.05) is 6.20 Å². The summed E-state index contributed by atoms with van der Waals surface area (Å²) in [6, 6.07) is 6.18. The van der Waals surface area contributed by atoms with Gasteiger partial charge in [-0.1, -0.05) is 17.7 Å². The first-order valence-corrected chi connectivity index (χ1v) is 6.11. The summed E-state index contributed by atoms with van der Waals surface area (Å²) in [5.74, 6) is -1.02. The van der Waals surface area contributed by atoms with Crippen LogP contribution >= 0.6 is 27.5 Å². The number of halogens is 3. The normalized spacial score (nSPS) is 10.2. The van der Waals surface area contributed by atoms with Crippen molar-refractivity contribution in [3.8, 4) is 0 Å². The topological polar surface area (TPSA) is 42.0 Å². The van der Waals surface area contributed by atoms with E-state index in [-0.39, 0.29) is 5.56 Å². The van der Waals surface area contributed by atoms with Crippen LogP contribution in [0.4, 0.5) is 10.1 Å². The third kappa shape index (κ3) is 2.86. The van der Waals surface area contributed by atoms with E-state index in [0.29, 0.717) is 15.2 Å². The molecule has 1 aromatic heterocycles. The first kappa shape index (κ1) is 13.0. The average molecular weight is 330 g/mol. The SMILES string of the molecule is O=C(Nc1cccc(Cl)c1Br)c1cncc(F)c1. The molecular weight excluding hydrogens is 322 g/mol. The number of carbonyl (C=O) groups excluding carboxylic acids is 1. The quantitative estimate of drug-likeness (QED) is 0.908. The van der Waals surface area contributed by atoms with Crippen LogP contribution in [-0.2, 0) is 0 Å². The van der Waals surface area contributed by atoms with Crippen LogP contribution in [0, 0.1) is 5.82 Å². The highest BCUT2D eigenvalue weighted by molar-refractivity contribution is 9.10. The Hall–Kier alpha value is -1.46. The average Bonchev–Trinajstić information content (AvgIpc) is 2.35. The van der Waals surface area contributed by atoms with E-state index in [0.717, 1.165) is 12.3 Å². The number of benzene rings is 1. The zero-order chi connectivity index (χ0) is 13.1. The van der Waals surface area contributed by atoms with Gasteiger partial charge in [0.05, 0.1) is 26.9 Å². The Morgan fingerprint density at radius 2 is 2.17 bits per heavy atom. The van der Waals surface area contributed by atoms with Crippen LogP contribution in [0.3, 0.4) is 0 Å². The molecule has 0 saturated carbocycles. The monoisotopic (exact) mass is 328 g/mol. The minimum absolute atomic E-state index is 0.141. The van der Waals surface area contributed by atoms with Crippen LogP contribution in [0.5, 0.6) is 0 Å². The van der Waals surface area contributed by atoms with Crippen molar-refractivity contribution in [1.29, 1.82) is 0 Å². The number of anilines is 1. The molecule has 18 heavy (non-hydrogen) atoms. The second-order valence-electron chi connectivity index (χ2n) is 3.45. The minimum atomic E-state index is -0.562. The lowest BCUT2D eigenvalue weighted by molar-refractivity contribution is 0.102. The van der Waals surface area contributed by atoms with E-state index >= 15 is 0 Å². The van der Waals surface area contributed by atoms with E-state index in [4.69, 9.17) is 11.6 Å². The van der Waals surface area contributed by atoms with Crippen molar-refractivity contribution in [2.75, 3.05) is 5.32 Å². The highest BCUT2D eigenvalue weighted by atomic mass is 79.9. The van der Waals surface area contributed by atoms with E-state index in [2.05, 4.69) is 26.2 Å². The smallest absolute Gasteiger partial charge is 0.257 e. The van der Waals surface area contributed by atoms with Crippen LogP contribution in [-0.4, -0.2) is 10.9 Å². The van der Waals surface area contributed by atoms with Crippen molar-refractivity contribution >= 4 is 39.1 Å². The number of pyridine rings is 1. The van der Waals surface area contributed by atoms with Crippen LogP contribution in [0.1, 0.15) is 10.4 Å². The van der Waals surface area contributed by atoms with Crippen molar-refractivity contribution in [3.05, 3.63) is 57.5 Å². The van der Waals surface area contributed by atoms with Gasteiger partial charge < -0.3 is 5.32 Å². The zero-order valence-corrected chi connectivity index (χ0v) is 11.3. The largest absolute Gasteiger partial charge is 0.321 e. The molecule has 3 nitrogen and oxygen atoms in total. The summed E-state index contributed by atoms with van der Waals surface area (Å²) < 4.78 is 13.5. The van der Waals surface area contributed by atoms with Gasteiger partial charge in [-0.15, -0.1) is 0 Å². The first-order chi connectivity index (χ1) is 8.58. The molecule has 1 heterocycles. The molecular formula is C12H7BrClFN2O. The molecule has 1 amide bonds. The Kier molecular flexibility index (Phi) is 3.93. The van der Waals surface area contributed by atoms with Crippen LogP contribution in [0.25, 0.3) is 0 Å². The summed E-state index contributed by atoms with van der Waals surface area (Å²) >= 11 is 9.16. The minimum Gasteiger partial charge on any atom is -0.321 e. The molecule has 0 aliphatic rings. The molecule has 0 aliphatic heterocycles. The molecule has 0 spiro atoms. The van der Waals surface area contributed by atoms with E-state index in [1.165, 1.54) is 6.20 Å². The Balaban J connectivity index is 2.24. The summed E-state index contributed by atoms with van der Waals surface area (Å²) in [4.78, 5) is 15.5. The van der Waals surface area contributed by atoms with E-state index in [1.807, 2.05) is 0 Å². The van der Waals surface area contributed by atoms with Gasteiger partial charge in [0.25, 0.3) is 5.91 Å². The molecule has 0 bridgehead atoms. The summed E-state index contributed by atoms with van der Waals surface area (Å²) in [5, 5.41) is 3.09. The standard InChI is InChI=1S/C12H7BrClFN2O/c13-11-9(14)2-1-3-10(11)17-12(18)7-4-8(15)6-16-5-7/h1-6H,(H,17,18). The van der Waals surface area contributed by atoms with Crippen LogP contribution in [0.2, 0.25) is 5.02 Å². The number of nitrogens with one attached hydrogen (secondary N) is 1. The summed E-state index contributed by atoms with van der Waals surface area (Å²) in [7, 11) is 0. The van der Waals surface area contributed by atoms with Crippen molar-refractivity contribution in [3.63, 3.8) is 0 Å². The third-order valence-corrected chi connectivity index (χ3v) is 3.56. The predicted molar refractivity (Wildman–Crippen MR) is 71.3 cm³/mol. The van der Waals surface area contributed by atoms with E-state index < -0.39 is 11.7 Å². The molecule has 6 heteroatoms. The Morgan fingerprint density at radius 1 is 1.39 bits per heavy atom. The molecule has 1 aromatic carbocycles. The number of nitrogens with zero attached hydrogens (tertiary/aromatic N) is 1. The lowest BCUT2D eigenvalue weighted by Crippen LogP contribution is -2.12. The maximum absolute atomic E-state index is 12.9. The first-order valence-electron chi connectivity index (χ1n) is 4.94. The molecule has 0 saturated heterocycles. The lowest BCUT2D eigenvalue weighted by atomic mass is 10.2.